The summed E-state index contributed by atoms with van der Waals surface area (Å²) in [7, 11) is 0. The van der Waals surface area contributed by atoms with Crippen molar-refractivity contribution in [2.45, 2.75) is 19.3 Å². The second kappa shape index (κ2) is 5.31. The molecular formula is C12H15NO3S. The molecular weight excluding hydrogens is 238 g/mol. The van der Waals surface area contributed by atoms with Crippen molar-refractivity contribution in [2.75, 3.05) is 13.1 Å². The number of carboxylic acid groups (broad SMARTS) is 1. The van der Waals surface area contributed by atoms with E-state index in [2.05, 4.69) is 0 Å². The number of likely N-dealkylation sites (tertiary alicyclic amines) is 1. The quantitative estimate of drug-likeness (QED) is 0.890. The van der Waals surface area contributed by atoms with Crippen LogP contribution in [0.15, 0.2) is 16.8 Å². The minimum absolute atomic E-state index is 0.0364. The Morgan fingerprint density at radius 3 is 3.00 bits per heavy atom. The first-order chi connectivity index (χ1) is 8.16. The van der Waals surface area contributed by atoms with Gasteiger partial charge < -0.3 is 10.0 Å². The molecule has 2 rings (SSSR count). The molecule has 1 amide bonds. The Hall–Kier alpha value is -1.36. The molecule has 17 heavy (non-hydrogen) atoms. The molecule has 0 saturated carbocycles. The van der Waals surface area contributed by atoms with E-state index in [4.69, 9.17) is 5.11 Å². The number of carbonyl (C=O) groups excluding carboxylic acids is 1. The van der Waals surface area contributed by atoms with Gasteiger partial charge in [-0.2, -0.15) is 11.3 Å². The van der Waals surface area contributed by atoms with Gasteiger partial charge >= 0.3 is 5.97 Å². The van der Waals surface area contributed by atoms with Gasteiger partial charge in [-0.25, -0.2) is 0 Å². The van der Waals surface area contributed by atoms with Crippen molar-refractivity contribution < 1.29 is 14.7 Å². The highest BCUT2D eigenvalue weighted by molar-refractivity contribution is 7.07. The first kappa shape index (κ1) is 12.1. The molecule has 1 aliphatic rings. The van der Waals surface area contributed by atoms with E-state index in [1.54, 1.807) is 16.2 Å². The first-order valence-electron chi connectivity index (χ1n) is 5.68. The Labute approximate surface area is 104 Å². The number of amides is 1. The third-order valence-corrected chi connectivity index (χ3v) is 3.79. The van der Waals surface area contributed by atoms with Crippen molar-refractivity contribution in [3.05, 3.63) is 22.4 Å². The van der Waals surface area contributed by atoms with E-state index in [0.29, 0.717) is 25.9 Å². The lowest BCUT2D eigenvalue weighted by Gasteiger charge is -2.30. The molecule has 1 fully saturated rings. The second-order valence-corrected chi connectivity index (χ2v) is 5.11. The van der Waals surface area contributed by atoms with Crippen LogP contribution in [-0.2, 0) is 16.0 Å². The highest BCUT2D eigenvalue weighted by Crippen LogP contribution is 2.18. The van der Waals surface area contributed by atoms with Gasteiger partial charge in [0.05, 0.1) is 12.3 Å². The van der Waals surface area contributed by atoms with E-state index in [9.17, 15) is 9.59 Å². The molecule has 1 N–H and O–H groups in total. The second-order valence-electron chi connectivity index (χ2n) is 4.33. The zero-order chi connectivity index (χ0) is 12.3. The minimum atomic E-state index is -0.793. The summed E-state index contributed by atoms with van der Waals surface area (Å²) in [5, 5.41) is 12.9. The topological polar surface area (TPSA) is 57.6 Å². The summed E-state index contributed by atoms with van der Waals surface area (Å²) in [5.74, 6) is -1.15. The molecule has 5 heteroatoms. The van der Waals surface area contributed by atoms with Gasteiger partial charge in [0.15, 0.2) is 0 Å². The Kier molecular flexibility index (Phi) is 3.78. The molecule has 0 aliphatic carbocycles. The van der Waals surface area contributed by atoms with Crippen molar-refractivity contribution in [3.63, 3.8) is 0 Å². The fourth-order valence-corrected chi connectivity index (χ4v) is 2.75. The maximum atomic E-state index is 12.0. The molecule has 0 aromatic carbocycles. The van der Waals surface area contributed by atoms with E-state index in [1.807, 2.05) is 16.8 Å². The number of hydrogen-bond donors (Lipinski definition) is 1. The van der Waals surface area contributed by atoms with Gasteiger partial charge in [-0.05, 0) is 35.2 Å². The number of piperidine rings is 1. The zero-order valence-corrected chi connectivity index (χ0v) is 10.3. The predicted molar refractivity (Wildman–Crippen MR) is 65.0 cm³/mol. The lowest BCUT2D eigenvalue weighted by Crippen LogP contribution is -2.42. The smallest absolute Gasteiger partial charge is 0.308 e. The number of nitrogens with zero attached hydrogens (tertiary/aromatic N) is 1. The van der Waals surface area contributed by atoms with Gasteiger partial charge in [-0.1, -0.05) is 0 Å². The molecule has 1 aromatic rings. The average molecular weight is 253 g/mol. The summed E-state index contributed by atoms with van der Waals surface area (Å²) in [6, 6.07) is 1.93. The summed E-state index contributed by atoms with van der Waals surface area (Å²) < 4.78 is 0. The standard InChI is InChI=1S/C12H15NO3S/c14-11(6-9-3-5-17-8-9)13-4-1-2-10(7-13)12(15)16/h3,5,8,10H,1-2,4,6-7H2,(H,15,16)/t10-/m0/s1. The monoisotopic (exact) mass is 253 g/mol. The highest BCUT2D eigenvalue weighted by Gasteiger charge is 2.27. The number of carboxylic acids is 1. The number of aliphatic carboxylic acids is 1. The highest BCUT2D eigenvalue weighted by atomic mass is 32.1. The van der Waals surface area contributed by atoms with E-state index >= 15 is 0 Å². The predicted octanol–water partition coefficient (Wildman–Crippen LogP) is 1.61. The number of thiophene rings is 1. The van der Waals surface area contributed by atoms with Crippen LogP contribution in [0.25, 0.3) is 0 Å². The summed E-state index contributed by atoms with van der Waals surface area (Å²) in [5.41, 5.74) is 1.01. The van der Waals surface area contributed by atoms with E-state index in [0.717, 1.165) is 12.0 Å². The molecule has 92 valence electrons. The summed E-state index contributed by atoms with van der Waals surface area (Å²) in [6.07, 6.45) is 1.85. The van der Waals surface area contributed by atoms with Gasteiger partial charge in [0.25, 0.3) is 0 Å². The van der Waals surface area contributed by atoms with Gasteiger partial charge in [0.1, 0.15) is 0 Å². The molecule has 0 radical (unpaired) electrons. The van der Waals surface area contributed by atoms with Crippen molar-refractivity contribution in [1.82, 2.24) is 4.90 Å². The van der Waals surface area contributed by atoms with Crippen LogP contribution in [-0.4, -0.2) is 35.0 Å². The Morgan fingerprint density at radius 1 is 1.53 bits per heavy atom. The van der Waals surface area contributed by atoms with Crippen molar-refractivity contribution in [2.24, 2.45) is 5.92 Å². The molecule has 1 saturated heterocycles. The van der Waals surface area contributed by atoms with Crippen molar-refractivity contribution in [1.29, 1.82) is 0 Å². The fourth-order valence-electron chi connectivity index (χ4n) is 2.08. The molecule has 1 aromatic heterocycles. The number of carbonyl (C=O) groups is 2. The van der Waals surface area contributed by atoms with Gasteiger partial charge in [-0.3, -0.25) is 9.59 Å². The fraction of sp³-hybridized carbons (Fsp3) is 0.500. The summed E-state index contributed by atoms with van der Waals surface area (Å²) in [6.45, 7) is 1.05. The number of rotatable bonds is 3. The van der Waals surface area contributed by atoms with Crippen LogP contribution in [0.4, 0.5) is 0 Å². The lowest BCUT2D eigenvalue weighted by molar-refractivity contribution is -0.145. The van der Waals surface area contributed by atoms with E-state index in [1.165, 1.54) is 0 Å². The van der Waals surface area contributed by atoms with Crippen LogP contribution >= 0.6 is 11.3 Å². The van der Waals surface area contributed by atoms with Gasteiger partial charge in [-0.15, -0.1) is 0 Å². The zero-order valence-electron chi connectivity index (χ0n) is 9.46. The largest absolute Gasteiger partial charge is 0.481 e. The molecule has 1 aliphatic heterocycles. The van der Waals surface area contributed by atoms with Crippen LogP contribution in [0.5, 0.6) is 0 Å². The Balaban J connectivity index is 1.93. The lowest BCUT2D eigenvalue weighted by atomic mass is 9.98. The molecule has 0 unspecified atom stereocenters. The van der Waals surface area contributed by atoms with Gasteiger partial charge in [0, 0.05) is 13.1 Å². The summed E-state index contributed by atoms with van der Waals surface area (Å²) in [4.78, 5) is 24.6. The van der Waals surface area contributed by atoms with Crippen LogP contribution < -0.4 is 0 Å². The molecule has 0 spiro atoms. The minimum Gasteiger partial charge on any atom is -0.481 e. The van der Waals surface area contributed by atoms with Crippen molar-refractivity contribution in [3.8, 4) is 0 Å². The number of hydrogen-bond acceptors (Lipinski definition) is 3. The van der Waals surface area contributed by atoms with Crippen LogP contribution in [0.2, 0.25) is 0 Å². The van der Waals surface area contributed by atoms with E-state index < -0.39 is 11.9 Å². The first-order valence-corrected chi connectivity index (χ1v) is 6.63. The van der Waals surface area contributed by atoms with E-state index in [-0.39, 0.29) is 5.91 Å². The summed E-state index contributed by atoms with van der Waals surface area (Å²) >= 11 is 1.57. The molecule has 1 atom stereocenters. The van der Waals surface area contributed by atoms with Crippen LogP contribution in [0, 0.1) is 5.92 Å². The normalized spacial score (nSPS) is 20.2. The Morgan fingerprint density at radius 2 is 2.35 bits per heavy atom. The maximum absolute atomic E-state index is 12.0. The SMILES string of the molecule is O=C(O)[C@H]1CCCN(C(=O)Cc2ccsc2)C1. The third kappa shape index (κ3) is 3.06. The van der Waals surface area contributed by atoms with Crippen LogP contribution in [0.3, 0.4) is 0 Å². The molecule has 0 bridgehead atoms. The maximum Gasteiger partial charge on any atom is 0.308 e. The third-order valence-electron chi connectivity index (χ3n) is 3.06. The van der Waals surface area contributed by atoms with Crippen molar-refractivity contribution >= 4 is 23.2 Å². The molecule has 2 heterocycles. The van der Waals surface area contributed by atoms with Gasteiger partial charge in [0.2, 0.25) is 5.91 Å². The average Bonchev–Trinajstić information content (AvgIpc) is 2.82. The molecule has 4 nitrogen and oxygen atoms in total. The Bertz CT molecular complexity index is 402. The van der Waals surface area contributed by atoms with Crippen LogP contribution in [0.1, 0.15) is 18.4 Å².